The monoisotopic (exact) mass is 220 g/mol. The van der Waals surface area contributed by atoms with Crippen LogP contribution in [0.1, 0.15) is 34.1 Å². The molecule has 1 unspecified atom stereocenters. The van der Waals surface area contributed by atoms with Gasteiger partial charge < -0.3 is 5.11 Å². The van der Waals surface area contributed by atoms with Crippen molar-refractivity contribution >= 4 is 0 Å². The van der Waals surface area contributed by atoms with Crippen LogP contribution < -0.4 is 0 Å². The summed E-state index contributed by atoms with van der Waals surface area (Å²) in [5.74, 6) is 1.16. The molecule has 0 aliphatic rings. The van der Waals surface area contributed by atoms with Crippen molar-refractivity contribution in [2.24, 2.45) is 11.8 Å². The quantitative estimate of drug-likeness (QED) is 0.503. The van der Waals surface area contributed by atoms with Gasteiger partial charge in [0.05, 0.1) is 0 Å². The number of aliphatic hydroxyl groups excluding tert-OH is 1. The lowest BCUT2D eigenvalue weighted by atomic mass is 9.95. The predicted octanol–water partition coefficient (Wildman–Crippen LogP) is 4.80. The van der Waals surface area contributed by atoms with Gasteiger partial charge in [-0.3, -0.25) is 0 Å². The van der Waals surface area contributed by atoms with E-state index in [-0.39, 0.29) is 5.76 Å². The summed E-state index contributed by atoms with van der Waals surface area (Å²) in [4.78, 5) is 0. The molecule has 0 aliphatic heterocycles. The fourth-order valence-electron chi connectivity index (χ4n) is 1.39. The van der Waals surface area contributed by atoms with Crippen molar-refractivity contribution in [1.29, 1.82) is 0 Å². The molecule has 1 nitrogen and oxygen atoms in total. The molecule has 0 spiro atoms. The molecule has 0 aromatic carbocycles. The Morgan fingerprint density at radius 2 is 1.88 bits per heavy atom. The van der Waals surface area contributed by atoms with Crippen LogP contribution in [0.3, 0.4) is 0 Å². The van der Waals surface area contributed by atoms with E-state index in [1.165, 1.54) is 5.57 Å². The van der Waals surface area contributed by atoms with Crippen LogP contribution in [0.2, 0.25) is 0 Å². The number of rotatable bonds is 6. The van der Waals surface area contributed by atoms with Crippen molar-refractivity contribution in [3.8, 4) is 0 Å². The van der Waals surface area contributed by atoms with Crippen LogP contribution in [0, 0.1) is 11.8 Å². The Balaban J connectivity index is 4.33. The SMILES string of the molecule is C=C(O)/C=C\CC(C)C(/C=C\C(C)C)=C/C. The first kappa shape index (κ1) is 14.8. The van der Waals surface area contributed by atoms with E-state index in [2.05, 4.69) is 52.5 Å². The van der Waals surface area contributed by atoms with Gasteiger partial charge >= 0.3 is 0 Å². The van der Waals surface area contributed by atoms with Gasteiger partial charge in [0.15, 0.2) is 0 Å². The van der Waals surface area contributed by atoms with Gasteiger partial charge in [-0.2, -0.15) is 0 Å². The third-order valence-corrected chi connectivity index (χ3v) is 2.38. The molecule has 90 valence electrons. The van der Waals surface area contributed by atoms with Gasteiger partial charge in [-0.15, -0.1) is 0 Å². The molecular weight excluding hydrogens is 196 g/mol. The number of hydrogen-bond acceptors (Lipinski definition) is 1. The molecule has 0 saturated heterocycles. The zero-order chi connectivity index (χ0) is 12.6. The highest BCUT2D eigenvalue weighted by Crippen LogP contribution is 2.17. The Morgan fingerprint density at radius 1 is 1.25 bits per heavy atom. The molecule has 0 rings (SSSR count). The van der Waals surface area contributed by atoms with Crippen molar-refractivity contribution in [3.05, 3.63) is 48.3 Å². The van der Waals surface area contributed by atoms with Gasteiger partial charge in [-0.25, -0.2) is 0 Å². The number of allylic oxidation sites excluding steroid dienone is 6. The topological polar surface area (TPSA) is 20.2 Å². The highest BCUT2D eigenvalue weighted by atomic mass is 16.3. The first-order chi connectivity index (χ1) is 7.47. The molecule has 0 aromatic rings. The lowest BCUT2D eigenvalue weighted by molar-refractivity contribution is 0.435. The van der Waals surface area contributed by atoms with Crippen LogP contribution in [0.5, 0.6) is 0 Å². The van der Waals surface area contributed by atoms with Crippen LogP contribution in [0.15, 0.2) is 48.3 Å². The summed E-state index contributed by atoms with van der Waals surface area (Å²) in [5.41, 5.74) is 1.34. The number of aliphatic hydroxyl groups is 1. The van der Waals surface area contributed by atoms with Crippen LogP contribution >= 0.6 is 0 Å². The lowest BCUT2D eigenvalue weighted by Crippen LogP contribution is -1.96. The smallest absolute Gasteiger partial charge is 0.108 e. The first-order valence-corrected chi connectivity index (χ1v) is 5.86. The minimum absolute atomic E-state index is 0.118. The van der Waals surface area contributed by atoms with Gasteiger partial charge in [-0.05, 0) is 36.8 Å². The van der Waals surface area contributed by atoms with Crippen molar-refractivity contribution in [1.82, 2.24) is 0 Å². The maximum atomic E-state index is 8.93. The second-order valence-electron chi connectivity index (χ2n) is 4.42. The van der Waals surface area contributed by atoms with Crippen molar-refractivity contribution in [3.63, 3.8) is 0 Å². The van der Waals surface area contributed by atoms with Crippen molar-refractivity contribution in [2.75, 3.05) is 0 Å². The van der Waals surface area contributed by atoms with Crippen molar-refractivity contribution < 1.29 is 5.11 Å². The third-order valence-electron chi connectivity index (χ3n) is 2.38. The third kappa shape index (κ3) is 7.10. The van der Waals surface area contributed by atoms with E-state index in [4.69, 9.17) is 5.11 Å². The summed E-state index contributed by atoms with van der Waals surface area (Å²) < 4.78 is 0. The van der Waals surface area contributed by atoms with Crippen molar-refractivity contribution in [2.45, 2.75) is 34.1 Å². The average molecular weight is 220 g/mol. The van der Waals surface area contributed by atoms with E-state index in [1.807, 2.05) is 6.08 Å². The molecule has 0 aromatic heterocycles. The highest BCUT2D eigenvalue weighted by Gasteiger charge is 2.03. The van der Waals surface area contributed by atoms with Gasteiger partial charge in [0.1, 0.15) is 5.76 Å². The lowest BCUT2D eigenvalue weighted by Gasteiger charge is -2.10. The standard InChI is InChI=1S/C15H24O/c1-6-15(11-10-12(2)3)13(4)8-7-9-14(5)16/h6-7,9-13,16H,5,8H2,1-4H3/b9-7-,11-10-,15-6+. The second kappa shape index (κ2) is 7.98. The van der Waals surface area contributed by atoms with Gasteiger partial charge in [0, 0.05) is 0 Å². The summed E-state index contributed by atoms with van der Waals surface area (Å²) in [6.07, 6.45) is 11.1. The second-order valence-corrected chi connectivity index (χ2v) is 4.42. The Kier molecular flexibility index (Phi) is 7.36. The van der Waals surface area contributed by atoms with Gasteiger partial charge in [0.25, 0.3) is 0 Å². The molecule has 16 heavy (non-hydrogen) atoms. The zero-order valence-corrected chi connectivity index (χ0v) is 10.9. The van der Waals surface area contributed by atoms with Crippen LogP contribution in [0.25, 0.3) is 0 Å². The first-order valence-electron chi connectivity index (χ1n) is 5.86. The van der Waals surface area contributed by atoms with Gasteiger partial charge in [0.2, 0.25) is 0 Å². The molecule has 0 radical (unpaired) electrons. The molecular formula is C15H24O. The maximum Gasteiger partial charge on any atom is 0.108 e. The van der Waals surface area contributed by atoms with E-state index in [9.17, 15) is 0 Å². The van der Waals surface area contributed by atoms with E-state index in [0.717, 1.165) is 6.42 Å². The molecule has 0 heterocycles. The summed E-state index contributed by atoms with van der Waals surface area (Å²) in [6, 6.07) is 0. The van der Waals surface area contributed by atoms with Gasteiger partial charge in [-0.1, -0.05) is 51.7 Å². The normalized spacial score (nSPS) is 15.2. The fourth-order valence-corrected chi connectivity index (χ4v) is 1.39. The highest BCUT2D eigenvalue weighted by molar-refractivity contribution is 5.22. The summed E-state index contributed by atoms with van der Waals surface area (Å²) in [7, 11) is 0. The molecule has 0 fully saturated rings. The summed E-state index contributed by atoms with van der Waals surface area (Å²) >= 11 is 0. The maximum absolute atomic E-state index is 8.93. The van der Waals surface area contributed by atoms with Crippen LogP contribution in [0.4, 0.5) is 0 Å². The zero-order valence-electron chi connectivity index (χ0n) is 10.9. The minimum Gasteiger partial charge on any atom is -0.509 e. The Morgan fingerprint density at radius 3 is 2.31 bits per heavy atom. The number of hydrogen-bond donors (Lipinski definition) is 1. The molecule has 1 heteroatoms. The van der Waals surface area contributed by atoms with E-state index in [0.29, 0.717) is 11.8 Å². The minimum atomic E-state index is 0.118. The molecule has 0 aliphatic carbocycles. The molecule has 0 bridgehead atoms. The fraction of sp³-hybridized carbons (Fsp3) is 0.467. The molecule has 0 amide bonds. The van der Waals surface area contributed by atoms with E-state index >= 15 is 0 Å². The van der Waals surface area contributed by atoms with Crippen LogP contribution in [-0.4, -0.2) is 5.11 Å². The average Bonchev–Trinajstić information content (AvgIpc) is 2.17. The predicted molar refractivity (Wildman–Crippen MR) is 72.4 cm³/mol. The Hall–Kier alpha value is -1.24. The molecule has 1 atom stereocenters. The Bertz CT molecular complexity index is 293. The molecule has 0 saturated carbocycles. The van der Waals surface area contributed by atoms with E-state index in [1.54, 1.807) is 6.08 Å². The Labute approximate surface area is 99.9 Å². The van der Waals surface area contributed by atoms with E-state index < -0.39 is 0 Å². The largest absolute Gasteiger partial charge is 0.509 e. The summed E-state index contributed by atoms with van der Waals surface area (Å²) in [5, 5.41) is 8.93. The van der Waals surface area contributed by atoms with Crippen LogP contribution in [-0.2, 0) is 0 Å². The summed E-state index contributed by atoms with van der Waals surface area (Å²) in [6.45, 7) is 12.0. The molecule has 1 N–H and O–H groups in total.